The summed E-state index contributed by atoms with van der Waals surface area (Å²) in [6.45, 7) is 9.08. The van der Waals surface area contributed by atoms with E-state index < -0.39 is 0 Å². The number of nitrogens with zero attached hydrogens (tertiary/aromatic N) is 2. The Bertz CT molecular complexity index is 551. The molecule has 0 bridgehead atoms. The lowest BCUT2D eigenvalue weighted by atomic mass is 9.85. The summed E-state index contributed by atoms with van der Waals surface area (Å²) in [5, 5.41) is 8.04. The van der Waals surface area contributed by atoms with Gasteiger partial charge in [0.1, 0.15) is 0 Å². The van der Waals surface area contributed by atoms with Crippen molar-refractivity contribution in [3.05, 3.63) is 53.9 Å². The Morgan fingerprint density at radius 2 is 1.81 bits per heavy atom. The minimum absolute atomic E-state index is 0.280. The number of aromatic nitrogens is 2. The van der Waals surface area contributed by atoms with Crippen LogP contribution in [0, 0.1) is 5.41 Å². The molecule has 0 radical (unpaired) electrons. The van der Waals surface area contributed by atoms with E-state index in [2.05, 4.69) is 74.6 Å². The van der Waals surface area contributed by atoms with E-state index >= 15 is 0 Å². The standard InChI is InChI=1S/C18H27N3/c1-14(16-12-19-21(5)13-16)20-17(11-18(2,3)4)15-9-7-6-8-10-15/h6-10,12-14,17,20H,11H2,1-5H3. The molecule has 0 aliphatic carbocycles. The molecule has 1 aromatic carbocycles. The van der Waals surface area contributed by atoms with Gasteiger partial charge in [-0.25, -0.2) is 0 Å². The van der Waals surface area contributed by atoms with Crippen LogP contribution >= 0.6 is 0 Å². The van der Waals surface area contributed by atoms with E-state index in [1.54, 1.807) is 0 Å². The third-order valence-corrected chi connectivity index (χ3v) is 3.69. The van der Waals surface area contributed by atoms with Crippen LogP contribution in [-0.2, 0) is 7.05 Å². The first-order chi connectivity index (χ1) is 9.85. The molecule has 2 aromatic rings. The molecule has 2 unspecified atom stereocenters. The van der Waals surface area contributed by atoms with Crippen molar-refractivity contribution in [2.24, 2.45) is 12.5 Å². The molecule has 1 N–H and O–H groups in total. The lowest BCUT2D eigenvalue weighted by Gasteiger charge is -2.29. The molecule has 0 fully saturated rings. The maximum atomic E-state index is 4.27. The van der Waals surface area contributed by atoms with Crippen LogP contribution in [0.25, 0.3) is 0 Å². The maximum absolute atomic E-state index is 4.27. The van der Waals surface area contributed by atoms with Crippen LogP contribution in [0.2, 0.25) is 0 Å². The average molecular weight is 285 g/mol. The van der Waals surface area contributed by atoms with Crippen LogP contribution in [0.3, 0.4) is 0 Å². The minimum Gasteiger partial charge on any atom is -0.303 e. The van der Waals surface area contributed by atoms with Crippen LogP contribution in [-0.4, -0.2) is 9.78 Å². The molecule has 3 nitrogen and oxygen atoms in total. The molecule has 21 heavy (non-hydrogen) atoms. The van der Waals surface area contributed by atoms with Crippen molar-refractivity contribution in [2.45, 2.75) is 46.2 Å². The van der Waals surface area contributed by atoms with Crippen molar-refractivity contribution in [1.82, 2.24) is 15.1 Å². The first kappa shape index (κ1) is 15.8. The number of rotatable bonds is 5. The molecule has 114 valence electrons. The number of hydrogen-bond acceptors (Lipinski definition) is 2. The summed E-state index contributed by atoms with van der Waals surface area (Å²) in [5.41, 5.74) is 2.86. The van der Waals surface area contributed by atoms with Gasteiger partial charge in [-0.15, -0.1) is 0 Å². The van der Waals surface area contributed by atoms with Crippen molar-refractivity contribution >= 4 is 0 Å². The summed E-state index contributed by atoms with van der Waals surface area (Å²) in [4.78, 5) is 0. The van der Waals surface area contributed by atoms with Crippen LogP contribution in [0.1, 0.15) is 57.3 Å². The highest BCUT2D eigenvalue weighted by molar-refractivity contribution is 5.20. The smallest absolute Gasteiger partial charge is 0.0537 e. The van der Waals surface area contributed by atoms with Gasteiger partial charge in [0.05, 0.1) is 6.20 Å². The molecular formula is C18H27N3. The summed E-state index contributed by atoms with van der Waals surface area (Å²) in [6, 6.07) is 11.3. The number of benzene rings is 1. The Kier molecular flexibility index (Phi) is 4.84. The van der Waals surface area contributed by atoms with Crippen LogP contribution < -0.4 is 5.32 Å². The summed E-state index contributed by atoms with van der Waals surface area (Å²) in [6.07, 6.45) is 5.12. The molecule has 3 heteroatoms. The summed E-state index contributed by atoms with van der Waals surface area (Å²) >= 11 is 0. The fourth-order valence-corrected chi connectivity index (χ4v) is 2.63. The largest absolute Gasteiger partial charge is 0.303 e. The van der Waals surface area contributed by atoms with Gasteiger partial charge >= 0.3 is 0 Å². The van der Waals surface area contributed by atoms with Gasteiger partial charge in [-0.1, -0.05) is 51.1 Å². The third kappa shape index (κ3) is 4.71. The normalized spacial score (nSPS) is 14.9. The van der Waals surface area contributed by atoms with Gasteiger partial charge in [0.25, 0.3) is 0 Å². The van der Waals surface area contributed by atoms with Crippen LogP contribution in [0.4, 0.5) is 0 Å². The highest BCUT2D eigenvalue weighted by atomic mass is 15.2. The summed E-state index contributed by atoms with van der Waals surface area (Å²) in [7, 11) is 1.96. The second-order valence-corrected chi connectivity index (χ2v) is 7.06. The molecule has 0 aliphatic heterocycles. The first-order valence-corrected chi connectivity index (χ1v) is 7.65. The van der Waals surface area contributed by atoms with Gasteiger partial charge in [0, 0.05) is 30.9 Å². The Balaban J connectivity index is 2.16. The predicted molar refractivity (Wildman–Crippen MR) is 88.0 cm³/mol. The van der Waals surface area contributed by atoms with E-state index in [1.807, 2.05) is 17.9 Å². The van der Waals surface area contributed by atoms with Gasteiger partial charge in [0.15, 0.2) is 0 Å². The van der Waals surface area contributed by atoms with E-state index in [9.17, 15) is 0 Å². The first-order valence-electron chi connectivity index (χ1n) is 7.65. The fraction of sp³-hybridized carbons (Fsp3) is 0.500. The predicted octanol–water partition coefficient (Wildman–Crippen LogP) is 4.25. The van der Waals surface area contributed by atoms with Gasteiger partial charge < -0.3 is 5.32 Å². The molecule has 0 amide bonds. The van der Waals surface area contributed by atoms with Crippen LogP contribution in [0.5, 0.6) is 0 Å². The van der Waals surface area contributed by atoms with E-state index in [4.69, 9.17) is 0 Å². The molecule has 2 atom stereocenters. The molecule has 0 aliphatic rings. The molecule has 0 saturated heterocycles. The summed E-state index contributed by atoms with van der Waals surface area (Å²) < 4.78 is 1.86. The van der Waals surface area contributed by atoms with Gasteiger partial charge in [-0.05, 0) is 24.3 Å². The quantitative estimate of drug-likeness (QED) is 0.890. The second kappa shape index (κ2) is 6.44. The molecule has 1 heterocycles. The zero-order valence-corrected chi connectivity index (χ0v) is 13.8. The number of aryl methyl sites for hydroxylation is 1. The Labute approximate surface area is 128 Å². The van der Waals surface area contributed by atoms with Crippen molar-refractivity contribution in [2.75, 3.05) is 0 Å². The fourth-order valence-electron chi connectivity index (χ4n) is 2.63. The molecule has 0 spiro atoms. The maximum Gasteiger partial charge on any atom is 0.0537 e. The van der Waals surface area contributed by atoms with Gasteiger partial charge in [-0.3, -0.25) is 4.68 Å². The molecule has 0 saturated carbocycles. The zero-order chi connectivity index (χ0) is 15.5. The van der Waals surface area contributed by atoms with Crippen LogP contribution in [0.15, 0.2) is 42.7 Å². The van der Waals surface area contributed by atoms with Crippen molar-refractivity contribution in [3.8, 4) is 0 Å². The van der Waals surface area contributed by atoms with E-state index in [0.717, 1.165) is 6.42 Å². The van der Waals surface area contributed by atoms with E-state index in [1.165, 1.54) is 11.1 Å². The molecule has 2 rings (SSSR count). The molecule has 1 aromatic heterocycles. The lowest BCUT2D eigenvalue weighted by molar-refractivity contribution is 0.297. The average Bonchev–Trinajstić information content (AvgIpc) is 2.84. The Hall–Kier alpha value is -1.61. The lowest BCUT2D eigenvalue weighted by Crippen LogP contribution is -2.28. The van der Waals surface area contributed by atoms with Crippen molar-refractivity contribution in [1.29, 1.82) is 0 Å². The van der Waals surface area contributed by atoms with Crippen molar-refractivity contribution in [3.63, 3.8) is 0 Å². The highest BCUT2D eigenvalue weighted by Crippen LogP contribution is 2.31. The molecular weight excluding hydrogens is 258 g/mol. The van der Waals surface area contributed by atoms with Gasteiger partial charge in [0.2, 0.25) is 0 Å². The Morgan fingerprint density at radius 3 is 2.33 bits per heavy atom. The SMILES string of the molecule is CC(NC(CC(C)(C)C)c1ccccc1)c1cnn(C)c1. The van der Waals surface area contributed by atoms with Gasteiger partial charge in [-0.2, -0.15) is 5.10 Å². The zero-order valence-electron chi connectivity index (χ0n) is 13.8. The van der Waals surface area contributed by atoms with E-state index in [0.29, 0.717) is 6.04 Å². The minimum atomic E-state index is 0.280. The van der Waals surface area contributed by atoms with E-state index in [-0.39, 0.29) is 11.5 Å². The third-order valence-electron chi connectivity index (χ3n) is 3.69. The number of nitrogens with one attached hydrogen (secondary N) is 1. The Morgan fingerprint density at radius 1 is 1.14 bits per heavy atom. The number of hydrogen-bond donors (Lipinski definition) is 1. The second-order valence-electron chi connectivity index (χ2n) is 7.06. The van der Waals surface area contributed by atoms with Crippen molar-refractivity contribution < 1.29 is 0 Å². The topological polar surface area (TPSA) is 29.9 Å². The summed E-state index contributed by atoms with van der Waals surface area (Å²) in [5.74, 6) is 0. The monoisotopic (exact) mass is 285 g/mol. The highest BCUT2D eigenvalue weighted by Gasteiger charge is 2.22.